The van der Waals surface area contributed by atoms with Crippen LogP contribution < -0.4 is 5.32 Å². The summed E-state index contributed by atoms with van der Waals surface area (Å²) >= 11 is 3.84. The number of nitrogens with one attached hydrogen (secondary N) is 1. The molecule has 1 aliphatic carbocycles. The first kappa shape index (κ1) is 13.4. The molecule has 17 heavy (non-hydrogen) atoms. The summed E-state index contributed by atoms with van der Waals surface area (Å²) in [5.41, 5.74) is 1.23. The van der Waals surface area contributed by atoms with Gasteiger partial charge in [0.1, 0.15) is 5.01 Å². The molecule has 0 spiro atoms. The second kappa shape index (κ2) is 6.76. The van der Waals surface area contributed by atoms with E-state index in [1.54, 1.807) is 0 Å². The molecule has 0 unspecified atom stereocenters. The van der Waals surface area contributed by atoms with Gasteiger partial charge in [-0.1, -0.05) is 19.8 Å². The molecule has 2 rings (SSSR count). The monoisotopic (exact) mass is 270 g/mol. The zero-order chi connectivity index (χ0) is 12.1. The molecule has 0 aliphatic heterocycles. The Morgan fingerprint density at radius 3 is 2.88 bits per heavy atom. The summed E-state index contributed by atoms with van der Waals surface area (Å²) in [6.45, 7) is 5.36. The topological polar surface area (TPSA) is 24.9 Å². The SMILES string of the molecule is CCSCc1nc(C)c(CNC2CCCC2)s1. The Morgan fingerprint density at radius 1 is 1.41 bits per heavy atom. The van der Waals surface area contributed by atoms with Crippen LogP contribution in [0.1, 0.15) is 48.2 Å². The van der Waals surface area contributed by atoms with E-state index in [1.165, 1.54) is 47.0 Å². The lowest BCUT2D eigenvalue weighted by Gasteiger charge is -2.10. The smallest absolute Gasteiger partial charge is 0.103 e. The van der Waals surface area contributed by atoms with Gasteiger partial charge in [-0.2, -0.15) is 11.8 Å². The second-order valence-corrected chi connectivity index (χ2v) is 7.06. The molecular weight excluding hydrogens is 248 g/mol. The predicted molar refractivity (Wildman–Crippen MR) is 77.8 cm³/mol. The van der Waals surface area contributed by atoms with Gasteiger partial charge < -0.3 is 5.32 Å². The van der Waals surface area contributed by atoms with Crippen molar-refractivity contribution in [3.05, 3.63) is 15.6 Å². The lowest BCUT2D eigenvalue weighted by atomic mass is 10.2. The molecule has 1 N–H and O–H groups in total. The lowest BCUT2D eigenvalue weighted by molar-refractivity contribution is 0.526. The highest BCUT2D eigenvalue weighted by Crippen LogP contribution is 2.23. The number of nitrogens with zero attached hydrogens (tertiary/aromatic N) is 1. The number of hydrogen-bond donors (Lipinski definition) is 1. The fourth-order valence-electron chi connectivity index (χ4n) is 2.27. The van der Waals surface area contributed by atoms with Crippen LogP contribution in [0.25, 0.3) is 0 Å². The Bertz CT molecular complexity index is 343. The number of aryl methyl sites for hydroxylation is 1. The molecule has 1 aliphatic rings. The molecule has 1 aromatic rings. The van der Waals surface area contributed by atoms with Crippen molar-refractivity contribution in [3.63, 3.8) is 0 Å². The molecule has 0 amide bonds. The highest BCUT2D eigenvalue weighted by molar-refractivity contribution is 7.98. The Hall–Kier alpha value is -0.0600. The first-order valence-electron chi connectivity index (χ1n) is 6.56. The van der Waals surface area contributed by atoms with Crippen LogP contribution in [0.3, 0.4) is 0 Å². The maximum Gasteiger partial charge on any atom is 0.103 e. The minimum atomic E-state index is 0.755. The normalized spacial score (nSPS) is 16.8. The van der Waals surface area contributed by atoms with Crippen molar-refractivity contribution in [1.82, 2.24) is 10.3 Å². The Labute approximate surface area is 113 Å². The van der Waals surface area contributed by atoms with Gasteiger partial charge in [-0.05, 0) is 25.5 Å². The van der Waals surface area contributed by atoms with Crippen LogP contribution in [0.2, 0.25) is 0 Å². The summed E-state index contributed by atoms with van der Waals surface area (Å²) in [6, 6.07) is 0.755. The minimum Gasteiger partial charge on any atom is -0.309 e. The van der Waals surface area contributed by atoms with Gasteiger partial charge >= 0.3 is 0 Å². The fraction of sp³-hybridized carbons (Fsp3) is 0.769. The molecular formula is C13H22N2S2. The third-order valence-electron chi connectivity index (χ3n) is 3.27. The Morgan fingerprint density at radius 2 is 2.18 bits per heavy atom. The van der Waals surface area contributed by atoms with Crippen molar-refractivity contribution < 1.29 is 0 Å². The van der Waals surface area contributed by atoms with Crippen molar-refractivity contribution in [1.29, 1.82) is 0 Å². The average molecular weight is 270 g/mol. The van der Waals surface area contributed by atoms with Gasteiger partial charge in [-0.25, -0.2) is 4.98 Å². The minimum absolute atomic E-state index is 0.755. The second-order valence-electron chi connectivity index (χ2n) is 4.62. The highest BCUT2D eigenvalue weighted by atomic mass is 32.2. The number of hydrogen-bond acceptors (Lipinski definition) is 4. The van der Waals surface area contributed by atoms with Crippen molar-refractivity contribution >= 4 is 23.1 Å². The molecule has 96 valence electrons. The maximum absolute atomic E-state index is 4.65. The van der Waals surface area contributed by atoms with Crippen molar-refractivity contribution in [2.75, 3.05) is 5.75 Å². The Balaban J connectivity index is 1.84. The van der Waals surface area contributed by atoms with E-state index in [0.29, 0.717) is 0 Å². The zero-order valence-corrected chi connectivity index (χ0v) is 12.4. The van der Waals surface area contributed by atoms with E-state index in [4.69, 9.17) is 0 Å². The first-order chi connectivity index (χ1) is 8.29. The van der Waals surface area contributed by atoms with Crippen LogP contribution in [0.5, 0.6) is 0 Å². The number of rotatable bonds is 6. The summed E-state index contributed by atoms with van der Waals surface area (Å²) in [6.07, 6.45) is 5.52. The highest BCUT2D eigenvalue weighted by Gasteiger charge is 2.15. The molecule has 1 aromatic heterocycles. The summed E-state index contributed by atoms with van der Waals surface area (Å²) in [7, 11) is 0. The number of thiazole rings is 1. The maximum atomic E-state index is 4.65. The van der Waals surface area contributed by atoms with Crippen LogP contribution in [-0.2, 0) is 12.3 Å². The van der Waals surface area contributed by atoms with Crippen LogP contribution in [0, 0.1) is 6.92 Å². The molecule has 0 radical (unpaired) electrons. The largest absolute Gasteiger partial charge is 0.309 e. The van der Waals surface area contributed by atoms with Crippen LogP contribution in [0.4, 0.5) is 0 Å². The van der Waals surface area contributed by atoms with Crippen molar-refractivity contribution in [2.24, 2.45) is 0 Å². The molecule has 1 heterocycles. The van der Waals surface area contributed by atoms with E-state index in [9.17, 15) is 0 Å². The van der Waals surface area contributed by atoms with Crippen molar-refractivity contribution in [3.8, 4) is 0 Å². The molecule has 0 atom stereocenters. The number of aromatic nitrogens is 1. The first-order valence-corrected chi connectivity index (χ1v) is 8.53. The van der Waals surface area contributed by atoms with E-state index in [-0.39, 0.29) is 0 Å². The zero-order valence-electron chi connectivity index (χ0n) is 10.8. The van der Waals surface area contributed by atoms with Gasteiger partial charge in [0.2, 0.25) is 0 Å². The fourth-order valence-corrected chi connectivity index (χ4v) is 4.02. The van der Waals surface area contributed by atoms with E-state index >= 15 is 0 Å². The Kier molecular flexibility index (Phi) is 5.32. The van der Waals surface area contributed by atoms with Gasteiger partial charge in [0.05, 0.1) is 5.69 Å². The predicted octanol–water partition coefficient (Wildman–Crippen LogP) is 3.74. The third-order valence-corrected chi connectivity index (χ3v) is 5.50. The molecule has 1 fully saturated rings. The quantitative estimate of drug-likeness (QED) is 0.852. The van der Waals surface area contributed by atoms with E-state index in [0.717, 1.165) is 18.3 Å². The van der Waals surface area contributed by atoms with Crippen molar-refractivity contribution in [2.45, 2.75) is 57.9 Å². The molecule has 2 nitrogen and oxygen atoms in total. The van der Waals surface area contributed by atoms with Gasteiger partial charge in [-0.3, -0.25) is 0 Å². The van der Waals surface area contributed by atoms with Crippen LogP contribution in [0.15, 0.2) is 0 Å². The van der Waals surface area contributed by atoms with Gasteiger partial charge in [-0.15, -0.1) is 11.3 Å². The molecule has 0 bridgehead atoms. The number of thioether (sulfide) groups is 1. The molecule has 4 heteroatoms. The van der Waals surface area contributed by atoms with Crippen LogP contribution in [-0.4, -0.2) is 16.8 Å². The molecule has 0 saturated heterocycles. The summed E-state index contributed by atoms with van der Waals surface area (Å²) in [4.78, 5) is 6.08. The standard InChI is InChI=1S/C13H22N2S2/c1-3-16-9-13-15-10(2)12(17-13)8-14-11-6-4-5-7-11/h11,14H,3-9H2,1-2H3. The lowest BCUT2D eigenvalue weighted by Crippen LogP contribution is -2.25. The molecule has 1 saturated carbocycles. The average Bonchev–Trinajstić information content (AvgIpc) is 2.93. The van der Waals surface area contributed by atoms with Gasteiger partial charge in [0.15, 0.2) is 0 Å². The third kappa shape index (κ3) is 3.97. The van der Waals surface area contributed by atoms with Crippen LogP contribution >= 0.6 is 23.1 Å². The summed E-state index contributed by atoms with van der Waals surface area (Å²) in [5, 5.41) is 4.96. The summed E-state index contributed by atoms with van der Waals surface area (Å²) < 4.78 is 0. The van der Waals surface area contributed by atoms with Gasteiger partial charge in [0.25, 0.3) is 0 Å². The van der Waals surface area contributed by atoms with Gasteiger partial charge in [0, 0.05) is 23.2 Å². The van der Waals surface area contributed by atoms with E-state index in [2.05, 4.69) is 24.1 Å². The summed E-state index contributed by atoms with van der Waals surface area (Å²) in [5.74, 6) is 2.25. The van der Waals surface area contributed by atoms with E-state index < -0.39 is 0 Å². The molecule has 0 aromatic carbocycles. The van der Waals surface area contributed by atoms with E-state index in [1.807, 2.05) is 23.1 Å².